The van der Waals surface area contributed by atoms with E-state index in [0.717, 1.165) is 71.2 Å². The van der Waals surface area contributed by atoms with Crippen molar-refractivity contribution in [3.8, 4) is 21.2 Å². The second-order valence-corrected chi connectivity index (χ2v) is 8.09. The molecule has 0 saturated carbocycles. The molecule has 0 unspecified atom stereocenters. The summed E-state index contributed by atoms with van der Waals surface area (Å²) in [5.41, 5.74) is 3.60. The first-order valence-corrected chi connectivity index (χ1v) is 10.1. The summed E-state index contributed by atoms with van der Waals surface area (Å²) in [6.07, 6.45) is 3.91. The highest BCUT2D eigenvalue weighted by Gasteiger charge is 2.31. The molecule has 1 aliphatic heterocycles. The van der Waals surface area contributed by atoms with Gasteiger partial charge in [0.25, 0.3) is 0 Å². The van der Waals surface area contributed by atoms with Crippen LogP contribution in [0.5, 0.6) is 0 Å². The van der Waals surface area contributed by atoms with Crippen molar-refractivity contribution in [2.45, 2.75) is 25.7 Å². The van der Waals surface area contributed by atoms with Crippen molar-refractivity contribution in [2.75, 3.05) is 18.0 Å². The number of thiazole rings is 1. The maximum atomic E-state index is 12.4. The minimum atomic E-state index is -0.449. The van der Waals surface area contributed by atoms with Crippen LogP contribution in [0.3, 0.4) is 0 Å². The lowest BCUT2D eigenvalue weighted by atomic mass is 9.97. The summed E-state index contributed by atoms with van der Waals surface area (Å²) in [5, 5.41) is 1.19. The summed E-state index contributed by atoms with van der Waals surface area (Å²) in [5.74, 6) is 0.669. The molecular weight excluding hydrogens is 368 g/mol. The van der Waals surface area contributed by atoms with E-state index >= 15 is 0 Å². The Morgan fingerprint density at radius 2 is 1.88 bits per heavy atom. The Bertz CT molecular complexity index is 1040. The van der Waals surface area contributed by atoms with Gasteiger partial charge in [-0.15, -0.1) is 11.3 Å². The van der Waals surface area contributed by atoms with Gasteiger partial charge >= 0.3 is 5.63 Å². The first-order chi connectivity index (χ1) is 12.7. The van der Waals surface area contributed by atoms with Crippen LogP contribution in [0.15, 0.2) is 39.5 Å². The van der Waals surface area contributed by atoms with Crippen LogP contribution in [0, 0.1) is 0 Å². The van der Waals surface area contributed by atoms with Gasteiger partial charge in [0, 0.05) is 24.2 Å². The SMILES string of the molecule is O=c1oc2c(c(N3CCCC3)c1Cl)CCc1nc(-c3ccccc3)sc1-2. The molecule has 6 heteroatoms. The van der Waals surface area contributed by atoms with Crippen LogP contribution in [0.1, 0.15) is 24.1 Å². The lowest BCUT2D eigenvalue weighted by molar-refractivity contribution is 0.516. The lowest BCUT2D eigenvalue weighted by Gasteiger charge is -2.25. The van der Waals surface area contributed by atoms with Gasteiger partial charge in [-0.25, -0.2) is 9.78 Å². The van der Waals surface area contributed by atoms with E-state index in [1.165, 1.54) is 0 Å². The Balaban J connectivity index is 1.69. The van der Waals surface area contributed by atoms with Crippen LogP contribution in [0.4, 0.5) is 5.69 Å². The molecule has 132 valence electrons. The van der Waals surface area contributed by atoms with E-state index in [-0.39, 0.29) is 5.02 Å². The second kappa shape index (κ2) is 6.25. The van der Waals surface area contributed by atoms with Crippen LogP contribution >= 0.6 is 22.9 Å². The standard InChI is InChI=1S/C20H17ClN2O2S/c21-15-16(23-10-4-5-11-23)13-8-9-14-18(17(13)25-20(15)24)26-19(22-14)12-6-2-1-3-7-12/h1-3,6-7H,4-5,8-11H2. The predicted molar refractivity (Wildman–Crippen MR) is 105 cm³/mol. The fraction of sp³-hybridized carbons (Fsp3) is 0.300. The Kier molecular flexibility index (Phi) is 3.87. The molecule has 0 atom stereocenters. The van der Waals surface area contributed by atoms with Crippen molar-refractivity contribution in [3.05, 3.63) is 57.0 Å². The van der Waals surface area contributed by atoms with Crippen LogP contribution in [0.2, 0.25) is 5.02 Å². The van der Waals surface area contributed by atoms with Crippen molar-refractivity contribution in [1.29, 1.82) is 0 Å². The van der Waals surface area contributed by atoms with Crippen molar-refractivity contribution < 1.29 is 4.42 Å². The Morgan fingerprint density at radius 1 is 1.12 bits per heavy atom. The van der Waals surface area contributed by atoms with E-state index in [1.807, 2.05) is 18.2 Å². The molecule has 3 aromatic rings. The molecule has 2 aromatic heterocycles. The van der Waals surface area contributed by atoms with Gasteiger partial charge in [-0.1, -0.05) is 41.9 Å². The third-order valence-corrected chi connectivity index (χ3v) is 6.58. The number of benzene rings is 1. The number of hydrogen-bond donors (Lipinski definition) is 0. The number of aromatic nitrogens is 1. The maximum Gasteiger partial charge on any atom is 0.357 e. The monoisotopic (exact) mass is 384 g/mol. The van der Waals surface area contributed by atoms with Crippen LogP contribution in [-0.4, -0.2) is 18.1 Å². The predicted octanol–water partition coefficient (Wildman–Crippen LogP) is 4.78. The normalized spacial score (nSPS) is 15.8. The Morgan fingerprint density at radius 3 is 2.65 bits per heavy atom. The topological polar surface area (TPSA) is 46.3 Å². The highest BCUT2D eigenvalue weighted by Crippen LogP contribution is 2.45. The minimum absolute atomic E-state index is 0.224. The molecule has 0 bridgehead atoms. The van der Waals surface area contributed by atoms with E-state index in [2.05, 4.69) is 17.0 Å². The Labute approximate surface area is 160 Å². The molecule has 0 radical (unpaired) electrons. The van der Waals surface area contributed by atoms with Gasteiger partial charge < -0.3 is 9.32 Å². The van der Waals surface area contributed by atoms with Gasteiger partial charge in [0.05, 0.1) is 16.3 Å². The van der Waals surface area contributed by atoms with E-state index < -0.39 is 5.63 Å². The van der Waals surface area contributed by atoms with E-state index in [0.29, 0.717) is 5.76 Å². The number of fused-ring (bicyclic) bond motifs is 3. The van der Waals surface area contributed by atoms with E-state index in [1.54, 1.807) is 11.3 Å². The maximum absolute atomic E-state index is 12.4. The summed E-state index contributed by atoms with van der Waals surface area (Å²) < 4.78 is 5.66. The van der Waals surface area contributed by atoms with Crippen LogP contribution in [0.25, 0.3) is 21.2 Å². The molecule has 1 saturated heterocycles. The third kappa shape index (κ3) is 2.49. The highest BCUT2D eigenvalue weighted by atomic mass is 35.5. The number of hydrogen-bond acceptors (Lipinski definition) is 5. The molecule has 1 fully saturated rings. The number of nitrogens with zero attached hydrogens (tertiary/aromatic N) is 2. The summed E-state index contributed by atoms with van der Waals surface area (Å²) >= 11 is 7.97. The van der Waals surface area contributed by atoms with E-state index in [4.69, 9.17) is 21.0 Å². The Hall–Kier alpha value is -2.11. The smallest absolute Gasteiger partial charge is 0.357 e. The zero-order valence-electron chi connectivity index (χ0n) is 14.1. The van der Waals surface area contributed by atoms with Gasteiger partial charge in [-0.2, -0.15) is 0 Å². The van der Waals surface area contributed by atoms with Crippen LogP contribution in [-0.2, 0) is 12.8 Å². The fourth-order valence-electron chi connectivity index (χ4n) is 3.87. The van der Waals surface area contributed by atoms with Crippen LogP contribution < -0.4 is 10.5 Å². The van der Waals surface area contributed by atoms with Gasteiger partial charge in [0.1, 0.15) is 10.0 Å². The zero-order chi connectivity index (χ0) is 17.7. The third-order valence-electron chi connectivity index (χ3n) is 5.10. The highest BCUT2D eigenvalue weighted by molar-refractivity contribution is 7.18. The van der Waals surface area contributed by atoms with E-state index in [9.17, 15) is 4.79 Å². The van der Waals surface area contributed by atoms with Gasteiger partial charge in [-0.3, -0.25) is 0 Å². The first-order valence-electron chi connectivity index (χ1n) is 8.88. The average molecular weight is 385 g/mol. The molecule has 0 N–H and O–H groups in total. The molecule has 26 heavy (non-hydrogen) atoms. The minimum Gasteiger partial charge on any atom is -0.420 e. The molecule has 1 aromatic carbocycles. The number of halogens is 1. The van der Waals surface area contributed by atoms with Gasteiger partial charge in [0.2, 0.25) is 0 Å². The average Bonchev–Trinajstić information content (AvgIpc) is 3.33. The first kappa shape index (κ1) is 16.1. The molecule has 0 amide bonds. The lowest BCUT2D eigenvalue weighted by Crippen LogP contribution is -2.24. The fourth-order valence-corrected chi connectivity index (χ4v) is 5.27. The molecular formula is C20H17ClN2O2S. The van der Waals surface area contributed by atoms with Crippen molar-refractivity contribution in [3.63, 3.8) is 0 Å². The summed E-state index contributed by atoms with van der Waals surface area (Å²) in [6.45, 7) is 1.89. The molecule has 3 heterocycles. The molecule has 1 aliphatic carbocycles. The largest absolute Gasteiger partial charge is 0.420 e. The van der Waals surface area contributed by atoms with Gasteiger partial charge in [0.15, 0.2) is 5.76 Å². The van der Waals surface area contributed by atoms with Gasteiger partial charge in [-0.05, 0) is 25.7 Å². The molecule has 0 spiro atoms. The molecule has 4 nitrogen and oxygen atoms in total. The second-order valence-electron chi connectivity index (χ2n) is 6.71. The summed E-state index contributed by atoms with van der Waals surface area (Å²) in [7, 11) is 0. The molecule has 2 aliphatic rings. The van der Waals surface area contributed by atoms with Crippen molar-refractivity contribution >= 4 is 28.6 Å². The molecule has 5 rings (SSSR count). The summed E-state index contributed by atoms with van der Waals surface area (Å²) in [4.78, 5) is 20.4. The van der Waals surface area contributed by atoms with Crippen molar-refractivity contribution in [1.82, 2.24) is 4.98 Å². The quantitative estimate of drug-likeness (QED) is 0.637. The number of aryl methyl sites for hydroxylation is 1. The summed E-state index contributed by atoms with van der Waals surface area (Å²) in [6, 6.07) is 10.1. The zero-order valence-corrected chi connectivity index (χ0v) is 15.7. The number of rotatable bonds is 2. The van der Waals surface area contributed by atoms with Crippen molar-refractivity contribution in [2.24, 2.45) is 0 Å². The number of anilines is 1.